The molecule has 1 amide bonds. The van der Waals surface area contributed by atoms with Crippen molar-refractivity contribution in [1.29, 1.82) is 0 Å². The second-order valence-electron chi connectivity index (χ2n) is 10.3. The minimum atomic E-state index is -3.36. The van der Waals surface area contributed by atoms with Crippen LogP contribution in [0.25, 0.3) is 0 Å². The Bertz CT molecular complexity index is 1420. The summed E-state index contributed by atoms with van der Waals surface area (Å²) in [5.74, 6) is -1.57. The van der Waals surface area contributed by atoms with Crippen LogP contribution in [-0.4, -0.2) is 37.6 Å². The van der Waals surface area contributed by atoms with Crippen LogP contribution in [0.4, 0.5) is 18.9 Å². The van der Waals surface area contributed by atoms with Crippen molar-refractivity contribution in [2.75, 3.05) is 18.6 Å². The molecule has 1 fully saturated rings. The lowest BCUT2D eigenvalue weighted by atomic mass is 9.84. The van der Waals surface area contributed by atoms with Crippen molar-refractivity contribution in [2.45, 2.75) is 45.3 Å². The smallest absolute Gasteiger partial charge is 0.394 e. The van der Waals surface area contributed by atoms with E-state index in [4.69, 9.17) is 9.47 Å². The zero-order chi connectivity index (χ0) is 30.1. The molecule has 0 aliphatic carbocycles. The van der Waals surface area contributed by atoms with Gasteiger partial charge in [0, 0.05) is 43.5 Å². The monoisotopic (exact) mass is 605 g/mol. The lowest BCUT2D eigenvalue weighted by molar-refractivity contribution is -0.158. The number of anilines is 1. The topological polar surface area (TPSA) is 65.1 Å². The van der Waals surface area contributed by atoms with Gasteiger partial charge in [0.25, 0.3) is 0 Å². The first-order valence-corrected chi connectivity index (χ1v) is 14.1. The summed E-state index contributed by atoms with van der Waals surface area (Å²) in [4.78, 5) is 28.8. The third-order valence-corrected chi connectivity index (χ3v) is 7.65. The van der Waals surface area contributed by atoms with Crippen molar-refractivity contribution < 1.29 is 37.0 Å². The van der Waals surface area contributed by atoms with Crippen molar-refractivity contribution >= 4 is 46.5 Å². The minimum absolute atomic E-state index is 0.0842. The first kappa shape index (κ1) is 30.8. The molecule has 2 unspecified atom stereocenters. The van der Waals surface area contributed by atoms with Gasteiger partial charge in [-0.3, -0.25) is 9.59 Å². The molecular weight excluding hydrogens is 573 g/mol. The molecule has 0 N–H and O–H groups in total. The summed E-state index contributed by atoms with van der Waals surface area (Å²) in [6.45, 7) is 4.47. The number of hydrogen-bond donors (Lipinski definition) is 0. The van der Waals surface area contributed by atoms with Crippen LogP contribution in [0.1, 0.15) is 49.0 Å². The van der Waals surface area contributed by atoms with Crippen molar-refractivity contribution in [2.24, 2.45) is 5.92 Å². The van der Waals surface area contributed by atoms with E-state index in [1.807, 2.05) is 26.0 Å². The maximum absolute atomic E-state index is 14.6. The SMILES string of the molecule is COc1cc(P)c([C@@H]2CN(c3cc(F)cc(OC(C)C)c3)C(=O)[C@H]2CC(=O)c2ccc(OC(C)(F)F)cc2)c(P)c1. The number of amides is 1. The van der Waals surface area contributed by atoms with Crippen molar-refractivity contribution in [3.63, 3.8) is 0 Å². The van der Waals surface area contributed by atoms with Gasteiger partial charge in [0.15, 0.2) is 5.78 Å². The van der Waals surface area contributed by atoms with Gasteiger partial charge >= 0.3 is 6.11 Å². The second-order valence-corrected chi connectivity index (χ2v) is 11.5. The number of alkyl halides is 2. The molecule has 218 valence electrons. The Kier molecular flexibility index (Phi) is 9.30. The average molecular weight is 606 g/mol. The fraction of sp³-hybridized carbons (Fsp3) is 0.333. The fourth-order valence-electron chi connectivity index (χ4n) is 5.03. The molecule has 4 rings (SSSR count). The highest BCUT2D eigenvalue weighted by Crippen LogP contribution is 2.40. The van der Waals surface area contributed by atoms with Crippen LogP contribution in [-0.2, 0) is 4.79 Å². The van der Waals surface area contributed by atoms with E-state index in [0.717, 1.165) is 16.2 Å². The fourth-order valence-corrected chi connectivity index (χ4v) is 6.29. The molecule has 0 radical (unpaired) electrons. The summed E-state index contributed by atoms with van der Waals surface area (Å²) in [5, 5.41) is 1.60. The maximum Gasteiger partial charge on any atom is 0.394 e. The summed E-state index contributed by atoms with van der Waals surface area (Å²) in [6.07, 6.45) is -3.70. The molecule has 0 saturated carbocycles. The van der Waals surface area contributed by atoms with Gasteiger partial charge in [-0.25, -0.2) is 4.39 Å². The van der Waals surface area contributed by atoms with Crippen LogP contribution >= 0.6 is 18.5 Å². The predicted molar refractivity (Wildman–Crippen MR) is 159 cm³/mol. The third-order valence-electron chi connectivity index (χ3n) is 6.69. The normalized spacial score (nSPS) is 17.2. The van der Waals surface area contributed by atoms with Gasteiger partial charge in [-0.15, -0.1) is 18.5 Å². The maximum atomic E-state index is 14.6. The largest absolute Gasteiger partial charge is 0.497 e. The zero-order valence-electron chi connectivity index (χ0n) is 23.1. The molecule has 4 atom stereocenters. The number of Topliss-reactive ketones (excluding diaryl/α,β-unsaturated/α-hetero) is 1. The Morgan fingerprint density at radius 3 is 2.22 bits per heavy atom. The number of benzene rings is 3. The molecule has 0 bridgehead atoms. The van der Waals surface area contributed by atoms with Crippen molar-refractivity contribution in [1.82, 2.24) is 0 Å². The number of ketones is 1. The lowest BCUT2D eigenvalue weighted by Crippen LogP contribution is -2.28. The van der Waals surface area contributed by atoms with Gasteiger partial charge in [0.05, 0.1) is 24.8 Å². The molecule has 0 spiro atoms. The number of halogens is 3. The molecular formula is C30H32F3NO5P2. The van der Waals surface area contributed by atoms with Gasteiger partial charge < -0.3 is 19.1 Å². The Morgan fingerprint density at radius 1 is 1.02 bits per heavy atom. The minimum Gasteiger partial charge on any atom is -0.497 e. The van der Waals surface area contributed by atoms with E-state index in [1.165, 1.54) is 41.3 Å². The van der Waals surface area contributed by atoms with Gasteiger partial charge in [-0.2, -0.15) is 8.78 Å². The first-order chi connectivity index (χ1) is 19.3. The molecule has 11 heteroatoms. The van der Waals surface area contributed by atoms with E-state index in [0.29, 0.717) is 24.1 Å². The molecule has 1 aliphatic rings. The number of ether oxygens (including phenoxy) is 3. The highest BCUT2D eigenvalue weighted by molar-refractivity contribution is 7.29. The van der Waals surface area contributed by atoms with E-state index in [1.54, 1.807) is 13.2 Å². The zero-order valence-corrected chi connectivity index (χ0v) is 25.4. The average Bonchev–Trinajstić information content (AvgIpc) is 3.17. The molecule has 1 aliphatic heterocycles. The van der Waals surface area contributed by atoms with Crippen LogP contribution in [0.15, 0.2) is 54.6 Å². The molecule has 1 saturated heterocycles. The highest BCUT2D eigenvalue weighted by Gasteiger charge is 2.44. The Morgan fingerprint density at radius 2 is 1.66 bits per heavy atom. The van der Waals surface area contributed by atoms with Crippen molar-refractivity contribution in [3.05, 3.63) is 71.5 Å². The van der Waals surface area contributed by atoms with Crippen LogP contribution < -0.4 is 29.7 Å². The van der Waals surface area contributed by atoms with E-state index >= 15 is 0 Å². The first-order valence-electron chi connectivity index (χ1n) is 13.0. The van der Waals surface area contributed by atoms with E-state index < -0.39 is 23.8 Å². The van der Waals surface area contributed by atoms with E-state index in [-0.39, 0.29) is 42.1 Å². The van der Waals surface area contributed by atoms with Crippen LogP contribution in [0.3, 0.4) is 0 Å². The quantitative estimate of drug-likeness (QED) is 0.221. The van der Waals surface area contributed by atoms with Crippen LogP contribution in [0.2, 0.25) is 0 Å². The molecule has 3 aromatic rings. The van der Waals surface area contributed by atoms with E-state index in [9.17, 15) is 22.8 Å². The number of methoxy groups -OCH3 is 1. The number of carbonyl (C=O) groups excluding carboxylic acids is 2. The molecule has 3 aromatic carbocycles. The Hall–Kier alpha value is -3.15. The van der Waals surface area contributed by atoms with Gasteiger partial charge in [-0.1, -0.05) is 0 Å². The highest BCUT2D eigenvalue weighted by atomic mass is 31.0. The van der Waals surface area contributed by atoms with Crippen LogP contribution in [0, 0.1) is 11.7 Å². The number of hydrogen-bond acceptors (Lipinski definition) is 5. The standard InChI is InChI=1S/C30H32F3NO5P2/c1-16(2)38-22-10-18(31)9-19(11-22)34-15-24(28-26(40)12-21(37-4)13-27(28)41)23(29(34)36)14-25(35)17-5-7-20(8-6-17)39-30(3,32)33/h5-13,16,23-24H,14-15,40-41H2,1-4H3/t23-,24+/m0/s1. The van der Waals surface area contributed by atoms with Crippen LogP contribution in [0.5, 0.6) is 17.2 Å². The molecule has 6 nitrogen and oxygen atoms in total. The summed E-state index contributed by atoms with van der Waals surface area (Å²) in [7, 11) is 6.89. The Labute approximate surface area is 241 Å². The van der Waals surface area contributed by atoms with Gasteiger partial charge in [-0.05, 0) is 72.5 Å². The predicted octanol–water partition coefficient (Wildman–Crippen LogP) is 5.63. The third kappa shape index (κ3) is 7.38. The number of carbonyl (C=O) groups is 2. The summed E-state index contributed by atoms with van der Waals surface area (Å²) < 4.78 is 56.6. The molecule has 41 heavy (non-hydrogen) atoms. The summed E-state index contributed by atoms with van der Waals surface area (Å²) in [6, 6.07) is 13.2. The van der Waals surface area contributed by atoms with Gasteiger partial charge in [0.2, 0.25) is 5.91 Å². The number of nitrogens with zero attached hydrogens (tertiary/aromatic N) is 1. The van der Waals surface area contributed by atoms with Crippen molar-refractivity contribution in [3.8, 4) is 17.2 Å². The lowest BCUT2D eigenvalue weighted by Gasteiger charge is -2.22. The molecule has 1 heterocycles. The summed E-state index contributed by atoms with van der Waals surface area (Å²) >= 11 is 0. The Balaban J connectivity index is 1.70. The molecule has 0 aromatic heterocycles. The number of rotatable bonds is 10. The summed E-state index contributed by atoms with van der Waals surface area (Å²) in [5.41, 5.74) is 1.43. The van der Waals surface area contributed by atoms with E-state index in [2.05, 4.69) is 23.2 Å². The second kappa shape index (κ2) is 12.4. The van der Waals surface area contributed by atoms with Gasteiger partial charge in [0.1, 0.15) is 23.1 Å².